The Morgan fingerprint density at radius 2 is 1.71 bits per heavy atom. The molecular formula is C25H36N2O4. The van der Waals surface area contributed by atoms with Crippen LogP contribution in [0.1, 0.15) is 67.2 Å². The summed E-state index contributed by atoms with van der Waals surface area (Å²) in [7, 11) is 1.69. The number of carbonyl (C=O) groups is 1. The molecule has 170 valence electrons. The highest BCUT2D eigenvalue weighted by Crippen LogP contribution is 2.47. The normalized spacial score (nSPS) is 25.0. The molecule has 0 bridgehead atoms. The molecule has 2 rings (SSSR count). The van der Waals surface area contributed by atoms with E-state index in [1.807, 2.05) is 47.5 Å². The molecule has 0 aromatic heterocycles. The second-order valence-electron chi connectivity index (χ2n) is 10.9. The number of likely N-dealkylation sites (N-methyl/N-ethyl adjacent to an activating group) is 1. The molecule has 0 aromatic rings. The second kappa shape index (κ2) is 9.42. The lowest BCUT2D eigenvalue weighted by Crippen LogP contribution is -2.41. The first kappa shape index (κ1) is 24.9. The summed E-state index contributed by atoms with van der Waals surface area (Å²) in [4.78, 5) is 30.7. The van der Waals surface area contributed by atoms with Crippen LogP contribution >= 0.6 is 0 Å². The SMILES string of the molecule is CNC1=C(C(=O)C(C(C)(C)C)C(C)(C)C)C=C(OO)C(C2CCC(C#N)CC2)C1=C=O. The van der Waals surface area contributed by atoms with Crippen molar-refractivity contribution in [3.63, 3.8) is 0 Å². The highest BCUT2D eigenvalue weighted by Gasteiger charge is 2.45. The van der Waals surface area contributed by atoms with Crippen molar-refractivity contribution in [3.8, 4) is 6.07 Å². The molecule has 6 heteroatoms. The zero-order valence-electron chi connectivity index (χ0n) is 19.8. The Bertz CT molecular complexity index is 835. The molecule has 2 aliphatic rings. The number of hydrogen-bond donors (Lipinski definition) is 2. The van der Waals surface area contributed by atoms with Gasteiger partial charge in [-0.05, 0) is 48.5 Å². The van der Waals surface area contributed by atoms with E-state index < -0.39 is 5.92 Å². The van der Waals surface area contributed by atoms with Gasteiger partial charge in [-0.3, -0.25) is 4.79 Å². The minimum atomic E-state index is -0.496. The van der Waals surface area contributed by atoms with Crippen LogP contribution in [0.3, 0.4) is 0 Å². The zero-order chi connectivity index (χ0) is 23.6. The maximum absolute atomic E-state index is 13.8. The van der Waals surface area contributed by atoms with E-state index in [-0.39, 0.29) is 40.1 Å². The van der Waals surface area contributed by atoms with Crippen LogP contribution in [-0.2, 0) is 14.5 Å². The van der Waals surface area contributed by atoms with Gasteiger partial charge in [0.05, 0.1) is 23.3 Å². The Kier molecular flexibility index (Phi) is 7.57. The molecule has 0 aliphatic heterocycles. The summed E-state index contributed by atoms with van der Waals surface area (Å²) in [6.07, 6.45) is 4.54. The third-order valence-corrected chi connectivity index (χ3v) is 6.59. The molecule has 1 saturated carbocycles. The number of rotatable bonds is 5. The van der Waals surface area contributed by atoms with E-state index in [0.29, 0.717) is 16.8 Å². The first-order valence-corrected chi connectivity index (χ1v) is 11.0. The Hall–Kier alpha value is -2.35. The van der Waals surface area contributed by atoms with Gasteiger partial charge in [0, 0.05) is 24.5 Å². The average Bonchev–Trinajstić information content (AvgIpc) is 2.69. The fraction of sp³-hybridized carbons (Fsp3) is 0.680. The van der Waals surface area contributed by atoms with Crippen LogP contribution in [0.4, 0.5) is 0 Å². The quantitative estimate of drug-likeness (QED) is 0.370. The number of hydrogen-bond acceptors (Lipinski definition) is 6. The van der Waals surface area contributed by atoms with Crippen molar-refractivity contribution >= 4 is 11.7 Å². The van der Waals surface area contributed by atoms with Crippen LogP contribution < -0.4 is 5.32 Å². The first-order chi connectivity index (χ1) is 14.4. The highest BCUT2D eigenvalue weighted by atomic mass is 17.1. The number of nitrogens with one attached hydrogen (secondary N) is 1. The molecule has 0 heterocycles. The molecular weight excluding hydrogens is 392 g/mol. The standard InChI is InChI=1S/C25H36N2O4/c1-24(2,3)23(25(4,5)6)22(29)17-12-19(31-30)20(18(14-28)21(17)27-7)16-10-8-15(13-26)9-11-16/h12,15-16,20,23,27,30H,8-11H2,1-7H3. The Morgan fingerprint density at radius 1 is 1.16 bits per heavy atom. The molecule has 6 nitrogen and oxygen atoms in total. The number of carbonyl (C=O) groups excluding carboxylic acids is 2. The molecule has 0 radical (unpaired) electrons. The topological polar surface area (TPSA) is 99.4 Å². The van der Waals surface area contributed by atoms with Gasteiger partial charge < -0.3 is 10.2 Å². The molecule has 0 amide bonds. The largest absolute Gasteiger partial charge is 0.387 e. The van der Waals surface area contributed by atoms with E-state index in [4.69, 9.17) is 4.89 Å². The predicted molar refractivity (Wildman–Crippen MR) is 119 cm³/mol. The first-order valence-electron chi connectivity index (χ1n) is 11.0. The van der Waals surface area contributed by atoms with Crippen LogP contribution in [-0.4, -0.2) is 24.0 Å². The number of allylic oxidation sites excluding steroid dienone is 4. The van der Waals surface area contributed by atoms with Crippen LogP contribution in [0.2, 0.25) is 0 Å². The zero-order valence-corrected chi connectivity index (χ0v) is 19.8. The molecule has 0 aromatic carbocycles. The van der Waals surface area contributed by atoms with Gasteiger partial charge in [-0.15, -0.1) is 0 Å². The third-order valence-electron chi connectivity index (χ3n) is 6.59. The smallest absolute Gasteiger partial charge is 0.169 e. The van der Waals surface area contributed by atoms with Crippen LogP contribution in [0.5, 0.6) is 0 Å². The van der Waals surface area contributed by atoms with Gasteiger partial charge in [0.15, 0.2) is 11.5 Å². The molecule has 2 aliphatic carbocycles. The summed E-state index contributed by atoms with van der Waals surface area (Å²) < 4.78 is 0. The lowest BCUT2D eigenvalue weighted by atomic mass is 9.62. The summed E-state index contributed by atoms with van der Waals surface area (Å²) in [6.45, 7) is 12.2. The predicted octanol–water partition coefficient (Wildman–Crippen LogP) is 4.83. The van der Waals surface area contributed by atoms with Gasteiger partial charge >= 0.3 is 0 Å². The van der Waals surface area contributed by atoms with E-state index in [9.17, 15) is 20.1 Å². The van der Waals surface area contributed by atoms with Crippen molar-refractivity contribution in [3.05, 3.63) is 28.7 Å². The van der Waals surface area contributed by atoms with Crippen molar-refractivity contribution in [2.24, 2.45) is 34.5 Å². The molecule has 1 fully saturated rings. The number of nitriles is 1. The molecule has 1 atom stereocenters. The van der Waals surface area contributed by atoms with Crippen molar-refractivity contribution in [2.45, 2.75) is 67.2 Å². The fourth-order valence-corrected chi connectivity index (χ4v) is 5.70. The van der Waals surface area contributed by atoms with Crippen LogP contribution in [0, 0.1) is 45.8 Å². The summed E-state index contributed by atoms with van der Waals surface area (Å²) in [5.41, 5.74) is 0.465. The van der Waals surface area contributed by atoms with Gasteiger partial charge in [-0.1, -0.05) is 41.5 Å². The number of Topliss-reactive ketones (excluding diaryl/α,β-unsaturated/α-hetero) is 1. The van der Waals surface area contributed by atoms with Crippen LogP contribution in [0.15, 0.2) is 28.7 Å². The lowest BCUT2D eigenvalue weighted by Gasteiger charge is -2.41. The van der Waals surface area contributed by atoms with E-state index in [0.717, 1.165) is 25.7 Å². The maximum Gasteiger partial charge on any atom is 0.169 e. The fourth-order valence-electron chi connectivity index (χ4n) is 5.70. The molecule has 0 spiro atoms. The van der Waals surface area contributed by atoms with Gasteiger partial charge in [0.2, 0.25) is 0 Å². The average molecular weight is 429 g/mol. The summed E-state index contributed by atoms with van der Waals surface area (Å²) in [5.74, 6) is 1.36. The van der Waals surface area contributed by atoms with Crippen molar-refractivity contribution in [2.75, 3.05) is 7.05 Å². The summed E-state index contributed by atoms with van der Waals surface area (Å²) in [5, 5.41) is 21.9. The maximum atomic E-state index is 13.8. The highest BCUT2D eigenvalue weighted by molar-refractivity contribution is 6.03. The van der Waals surface area contributed by atoms with E-state index in [1.165, 1.54) is 0 Å². The molecule has 31 heavy (non-hydrogen) atoms. The van der Waals surface area contributed by atoms with Gasteiger partial charge in [-0.25, -0.2) is 10.1 Å². The molecule has 0 saturated heterocycles. The summed E-state index contributed by atoms with van der Waals surface area (Å²) >= 11 is 0. The third kappa shape index (κ3) is 5.11. The lowest BCUT2D eigenvalue weighted by molar-refractivity contribution is -0.212. The van der Waals surface area contributed by atoms with E-state index >= 15 is 0 Å². The van der Waals surface area contributed by atoms with Crippen LogP contribution in [0.25, 0.3) is 0 Å². The number of ketones is 1. The Labute approximate surface area is 186 Å². The Morgan fingerprint density at radius 3 is 2.10 bits per heavy atom. The second-order valence-corrected chi connectivity index (χ2v) is 10.9. The minimum absolute atomic E-state index is 0.0155. The van der Waals surface area contributed by atoms with E-state index in [2.05, 4.69) is 11.4 Å². The van der Waals surface area contributed by atoms with Gasteiger partial charge in [0.1, 0.15) is 5.94 Å². The minimum Gasteiger partial charge on any atom is -0.387 e. The monoisotopic (exact) mass is 428 g/mol. The van der Waals surface area contributed by atoms with Crippen molar-refractivity contribution in [1.29, 1.82) is 5.26 Å². The Balaban J connectivity index is 2.56. The van der Waals surface area contributed by atoms with Gasteiger partial charge in [-0.2, -0.15) is 5.26 Å². The van der Waals surface area contributed by atoms with Crippen molar-refractivity contribution in [1.82, 2.24) is 5.32 Å². The van der Waals surface area contributed by atoms with Gasteiger partial charge in [0.25, 0.3) is 0 Å². The van der Waals surface area contributed by atoms with E-state index in [1.54, 1.807) is 13.1 Å². The van der Waals surface area contributed by atoms with Crippen molar-refractivity contribution < 1.29 is 19.7 Å². The summed E-state index contributed by atoms with van der Waals surface area (Å²) in [6, 6.07) is 2.31. The molecule has 2 N–H and O–H groups in total. The molecule has 1 unspecified atom stereocenters. The number of nitrogens with zero attached hydrogens (tertiary/aromatic N) is 1.